The van der Waals surface area contributed by atoms with Crippen molar-refractivity contribution in [1.82, 2.24) is 0 Å². The number of benzene rings is 2. The van der Waals surface area contributed by atoms with Crippen LogP contribution in [0.5, 0.6) is 0 Å². The molecule has 0 radical (unpaired) electrons. The van der Waals surface area contributed by atoms with E-state index >= 15 is 0 Å². The van der Waals surface area contributed by atoms with Gasteiger partial charge in [-0.05, 0) is 126 Å². The first-order valence-electron chi connectivity index (χ1n) is 5.79. The van der Waals surface area contributed by atoms with Crippen LogP contribution in [0.4, 0.5) is 8.78 Å². The molecular weight excluding hydrogens is 765 g/mol. The summed E-state index contributed by atoms with van der Waals surface area (Å²) >= 11 is 22.7. The molecule has 0 bridgehead atoms. The minimum absolute atomic E-state index is 0.306. The molecule has 0 N–H and O–H groups in total. The Balaban J connectivity index is 0.000000231. The predicted octanol–water partition coefficient (Wildman–Crippen LogP) is 9.63. The average Bonchev–Trinajstić information content (AvgIpc) is 2.53. The van der Waals surface area contributed by atoms with E-state index in [9.17, 15) is 8.78 Å². The van der Waals surface area contributed by atoms with Gasteiger partial charge in [-0.15, -0.1) is 0 Å². The van der Waals surface area contributed by atoms with Gasteiger partial charge in [-0.25, -0.2) is 8.78 Å². The summed E-state index contributed by atoms with van der Waals surface area (Å²) in [5.74, 6) is -0.306. The lowest BCUT2D eigenvalue weighted by atomic mass is 10.2. The molecule has 126 valence electrons. The summed E-state index contributed by atoms with van der Waals surface area (Å²) in [4.78, 5) is 0. The predicted molar refractivity (Wildman–Crippen MR) is 116 cm³/mol. The molecule has 0 saturated heterocycles. The second kappa shape index (κ2) is 10.1. The zero-order valence-corrected chi connectivity index (χ0v) is 22.4. The van der Waals surface area contributed by atoms with Crippen molar-refractivity contribution in [1.29, 1.82) is 0 Å². The molecule has 0 atom stereocenters. The molecular formula is C14H7Br7F2. The van der Waals surface area contributed by atoms with E-state index in [0.29, 0.717) is 14.5 Å². The van der Waals surface area contributed by atoms with Crippen molar-refractivity contribution < 1.29 is 8.78 Å². The molecule has 0 aliphatic rings. The molecule has 0 amide bonds. The molecule has 0 aliphatic heterocycles. The van der Waals surface area contributed by atoms with Crippen molar-refractivity contribution in [2.45, 2.75) is 13.6 Å². The number of hydrogen-bond donors (Lipinski definition) is 0. The molecule has 0 nitrogen and oxygen atoms in total. The minimum atomic E-state index is -0.460. The van der Waals surface area contributed by atoms with E-state index in [4.69, 9.17) is 0 Å². The SMILES string of the molecule is Cc1c(Br)c(Br)c(F)c(Br)c1Br.FCc1cc(Br)cc(Br)c1Br. The lowest BCUT2D eigenvalue weighted by Gasteiger charge is -2.07. The Morgan fingerprint density at radius 1 is 0.783 bits per heavy atom. The van der Waals surface area contributed by atoms with E-state index in [2.05, 4.69) is 112 Å². The van der Waals surface area contributed by atoms with Gasteiger partial charge >= 0.3 is 0 Å². The fourth-order valence-electron chi connectivity index (χ4n) is 1.42. The van der Waals surface area contributed by atoms with Crippen molar-refractivity contribution in [3.05, 3.63) is 60.4 Å². The first-order valence-corrected chi connectivity index (χ1v) is 11.3. The zero-order valence-electron chi connectivity index (χ0n) is 11.3. The summed E-state index contributed by atoms with van der Waals surface area (Å²) in [5, 5.41) is 0. The summed E-state index contributed by atoms with van der Waals surface area (Å²) in [7, 11) is 0. The van der Waals surface area contributed by atoms with Gasteiger partial charge in [0, 0.05) is 22.4 Å². The maximum Gasteiger partial charge on any atom is 0.153 e. The normalized spacial score (nSPS) is 10.3. The highest BCUT2D eigenvalue weighted by Crippen LogP contribution is 2.40. The van der Waals surface area contributed by atoms with Crippen LogP contribution in [0.15, 0.2) is 43.4 Å². The summed E-state index contributed by atoms with van der Waals surface area (Å²) in [6.45, 7) is 1.43. The van der Waals surface area contributed by atoms with Crippen LogP contribution in [0, 0.1) is 12.7 Å². The highest BCUT2D eigenvalue weighted by molar-refractivity contribution is 9.14. The third kappa shape index (κ3) is 5.82. The van der Waals surface area contributed by atoms with Crippen LogP contribution in [0.1, 0.15) is 11.1 Å². The summed E-state index contributed by atoms with van der Waals surface area (Å²) in [5.41, 5.74) is 1.60. The quantitative estimate of drug-likeness (QED) is 0.200. The van der Waals surface area contributed by atoms with Gasteiger partial charge in [0.15, 0.2) is 5.82 Å². The van der Waals surface area contributed by atoms with Gasteiger partial charge in [0.25, 0.3) is 0 Å². The summed E-state index contributed by atoms with van der Waals surface area (Å²) < 4.78 is 30.4. The van der Waals surface area contributed by atoms with Crippen molar-refractivity contribution in [2.24, 2.45) is 0 Å². The number of halogens is 9. The van der Waals surface area contributed by atoms with E-state index in [1.165, 1.54) is 0 Å². The number of hydrogen-bond acceptors (Lipinski definition) is 0. The molecule has 0 unspecified atom stereocenters. The van der Waals surface area contributed by atoms with Crippen molar-refractivity contribution >= 4 is 112 Å². The fraction of sp³-hybridized carbons (Fsp3) is 0.143. The molecule has 0 spiro atoms. The van der Waals surface area contributed by atoms with Gasteiger partial charge in [0.05, 0.1) is 8.95 Å². The van der Waals surface area contributed by atoms with Crippen LogP contribution in [-0.4, -0.2) is 0 Å². The van der Waals surface area contributed by atoms with Crippen LogP contribution in [0.3, 0.4) is 0 Å². The van der Waals surface area contributed by atoms with Crippen molar-refractivity contribution in [3.63, 3.8) is 0 Å². The van der Waals surface area contributed by atoms with Gasteiger partial charge in [-0.1, -0.05) is 15.9 Å². The Hall–Kier alpha value is 1.66. The lowest BCUT2D eigenvalue weighted by molar-refractivity contribution is 0.483. The zero-order chi connectivity index (χ0) is 17.9. The van der Waals surface area contributed by atoms with E-state index in [0.717, 1.165) is 27.9 Å². The molecule has 0 heterocycles. The molecule has 2 rings (SSSR count). The first kappa shape index (κ1) is 22.7. The van der Waals surface area contributed by atoms with Crippen LogP contribution in [0.2, 0.25) is 0 Å². The fourth-order valence-corrected chi connectivity index (χ4v) is 5.34. The Morgan fingerprint density at radius 3 is 1.70 bits per heavy atom. The smallest absolute Gasteiger partial charge is 0.153 e. The minimum Gasteiger partial charge on any atom is -0.246 e. The maximum absolute atomic E-state index is 13.3. The van der Waals surface area contributed by atoms with E-state index in [1.54, 1.807) is 6.07 Å². The van der Waals surface area contributed by atoms with E-state index in [-0.39, 0.29) is 5.82 Å². The topological polar surface area (TPSA) is 0 Å². The first-order chi connectivity index (χ1) is 10.6. The van der Waals surface area contributed by atoms with Crippen LogP contribution in [-0.2, 0) is 6.67 Å². The lowest BCUT2D eigenvalue weighted by Crippen LogP contribution is -1.88. The highest BCUT2D eigenvalue weighted by atomic mass is 79.9. The largest absolute Gasteiger partial charge is 0.246 e. The van der Waals surface area contributed by atoms with Gasteiger partial charge in [0.1, 0.15) is 6.67 Å². The summed E-state index contributed by atoms with van der Waals surface area (Å²) in [6.07, 6.45) is 0. The summed E-state index contributed by atoms with van der Waals surface area (Å²) in [6, 6.07) is 3.61. The Bertz CT molecular complexity index is 627. The van der Waals surface area contributed by atoms with Gasteiger partial charge in [-0.2, -0.15) is 0 Å². The Morgan fingerprint density at radius 2 is 1.26 bits per heavy atom. The molecule has 0 fully saturated rings. The van der Waals surface area contributed by atoms with Crippen LogP contribution in [0.25, 0.3) is 0 Å². The van der Waals surface area contributed by atoms with Crippen LogP contribution >= 0.6 is 112 Å². The van der Waals surface area contributed by atoms with Crippen LogP contribution < -0.4 is 0 Å². The standard InChI is InChI=1S/C7H3Br4F.C7H4Br3F/c1-2-3(8)5(10)7(12)6(11)4(2)9;8-5-1-4(3-11)7(10)6(9)2-5/h1H3;1-2H,3H2. The van der Waals surface area contributed by atoms with E-state index in [1.807, 2.05) is 13.0 Å². The molecule has 0 aromatic heterocycles. The Kier molecular flexibility index (Phi) is 9.98. The molecule has 9 heteroatoms. The Labute approximate surface area is 192 Å². The molecule has 2 aromatic carbocycles. The third-order valence-electron chi connectivity index (χ3n) is 2.64. The molecule has 2 aromatic rings. The second-order valence-electron chi connectivity index (χ2n) is 4.19. The van der Waals surface area contributed by atoms with Gasteiger partial charge in [0.2, 0.25) is 0 Å². The van der Waals surface area contributed by atoms with E-state index < -0.39 is 6.67 Å². The highest BCUT2D eigenvalue weighted by Gasteiger charge is 2.15. The number of alkyl halides is 1. The number of rotatable bonds is 1. The van der Waals surface area contributed by atoms with Crippen molar-refractivity contribution in [3.8, 4) is 0 Å². The van der Waals surface area contributed by atoms with Gasteiger partial charge in [-0.3, -0.25) is 0 Å². The monoisotopic (exact) mass is 765 g/mol. The average molecular weight is 773 g/mol. The van der Waals surface area contributed by atoms with Gasteiger partial charge < -0.3 is 0 Å². The maximum atomic E-state index is 13.3. The second-order valence-corrected chi connectivity index (χ2v) is 9.92. The van der Waals surface area contributed by atoms with Crippen molar-refractivity contribution in [2.75, 3.05) is 0 Å². The molecule has 0 aliphatic carbocycles. The molecule has 0 saturated carbocycles. The molecule has 23 heavy (non-hydrogen) atoms. The third-order valence-corrected chi connectivity index (χ3v) is 9.73.